The van der Waals surface area contributed by atoms with Gasteiger partial charge in [0.25, 0.3) is 0 Å². The predicted molar refractivity (Wildman–Crippen MR) is 103 cm³/mol. The second-order valence-electron chi connectivity index (χ2n) is 7.28. The first kappa shape index (κ1) is 16.7. The molecule has 6 heteroatoms. The van der Waals surface area contributed by atoms with Gasteiger partial charge in [-0.3, -0.25) is 9.79 Å². The Morgan fingerprint density at radius 3 is 2.77 bits per heavy atom. The zero-order chi connectivity index (χ0) is 18.3. The highest BCUT2D eigenvalue weighted by Crippen LogP contribution is 2.36. The van der Waals surface area contributed by atoms with Crippen molar-refractivity contribution >= 4 is 23.1 Å². The molecule has 134 valence electrons. The van der Waals surface area contributed by atoms with E-state index in [-0.39, 0.29) is 0 Å². The number of benzene rings is 1. The number of hydrogen-bond donors (Lipinski definition) is 2. The zero-order valence-corrected chi connectivity index (χ0v) is 15.1. The van der Waals surface area contributed by atoms with Crippen molar-refractivity contribution in [3.63, 3.8) is 0 Å². The minimum atomic E-state index is 0.308. The Bertz CT molecular complexity index is 895. The van der Waals surface area contributed by atoms with Crippen molar-refractivity contribution in [2.24, 2.45) is 10.7 Å². The first-order chi connectivity index (χ1) is 12.5. The lowest BCUT2D eigenvalue weighted by Crippen LogP contribution is -2.24. The Morgan fingerprint density at radius 1 is 1.23 bits per heavy atom. The van der Waals surface area contributed by atoms with Crippen molar-refractivity contribution < 1.29 is 4.79 Å². The van der Waals surface area contributed by atoms with E-state index in [1.165, 1.54) is 5.56 Å². The van der Waals surface area contributed by atoms with Crippen LogP contribution in [0.5, 0.6) is 0 Å². The van der Waals surface area contributed by atoms with E-state index >= 15 is 0 Å². The maximum absolute atomic E-state index is 11.4. The molecule has 4 rings (SSSR count). The van der Waals surface area contributed by atoms with Gasteiger partial charge < -0.3 is 16.0 Å². The van der Waals surface area contributed by atoms with Crippen LogP contribution >= 0.6 is 0 Å². The molecule has 1 aromatic heterocycles. The summed E-state index contributed by atoms with van der Waals surface area (Å²) in [5.74, 6) is 2.00. The van der Waals surface area contributed by atoms with Crippen molar-refractivity contribution in [3.05, 3.63) is 52.7 Å². The van der Waals surface area contributed by atoms with Crippen LogP contribution in [0, 0.1) is 0 Å². The highest BCUT2D eigenvalue weighted by molar-refractivity contribution is 6.06. The number of pyridine rings is 1. The van der Waals surface area contributed by atoms with E-state index in [0.717, 1.165) is 34.9 Å². The second-order valence-corrected chi connectivity index (χ2v) is 7.28. The normalized spacial score (nSPS) is 16.4. The van der Waals surface area contributed by atoms with Crippen molar-refractivity contribution in [2.75, 3.05) is 19.4 Å². The molecule has 0 amide bonds. The standard InChI is InChI=1S/C20H23N5O/c1-25(2)11-17-15(13-8-14(26)9-13)6-7-18(24-17)23-16-5-3-4-12-10-22-20(21)19(12)16/h3-7,13H,8-11H2,1-2H3,(H2,21,22)(H,23,24). The highest BCUT2D eigenvalue weighted by atomic mass is 16.1. The van der Waals surface area contributed by atoms with Gasteiger partial charge in [-0.2, -0.15) is 0 Å². The van der Waals surface area contributed by atoms with Crippen LogP contribution in [-0.4, -0.2) is 35.6 Å². The molecular weight excluding hydrogens is 326 g/mol. The van der Waals surface area contributed by atoms with Crippen LogP contribution in [0.1, 0.15) is 41.1 Å². The molecule has 0 saturated heterocycles. The Morgan fingerprint density at radius 2 is 2.04 bits per heavy atom. The van der Waals surface area contributed by atoms with Crippen molar-refractivity contribution in [1.29, 1.82) is 0 Å². The fourth-order valence-electron chi connectivity index (χ4n) is 3.62. The van der Waals surface area contributed by atoms with E-state index in [1.807, 2.05) is 38.4 Å². The van der Waals surface area contributed by atoms with Crippen LogP contribution in [0.15, 0.2) is 35.3 Å². The number of ketones is 1. The number of hydrogen-bond acceptors (Lipinski definition) is 6. The maximum atomic E-state index is 11.4. The zero-order valence-electron chi connectivity index (χ0n) is 15.1. The summed E-state index contributed by atoms with van der Waals surface area (Å²) in [5.41, 5.74) is 11.3. The predicted octanol–water partition coefficient (Wildman–Crippen LogP) is 2.55. The van der Waals surface area contributed by atoms with Crippen LogP contribution in [-0.2, 0) is 17.9 Å². The van der Waals surface area contributed by atoms with E-state index in [4.69, 9.17) is 10.7 Å². The number of nitrogens with two attached hydrogens (primary N) is 1. The molecular formula is C20H23N5O. The van der Waals surface area contributed by atoms with Gasteiger partial charge in [-0.25, -0.2) is 4.98 Å². The number of nitrogens with one attached hydrogen (secondary N) is 1. The first-order valence-electron chi connectivity index (χ1n) is 8.86. The topological polar surface area (TPSA) is 83.6 Å². The van der Waals surface area contributed by atoms with Gasteiger partial charge in [0, 0.05) is 24.9 Å². The van der Waals surface area contributed by atoms with Gasteiger partial charge in [0.05, 0.1) is 17.9 Å². The smallest absolute Gasteiger partial charge is 0.134 e. The molecule has 0 spiro atoms. The Kier molecular flexibility index (Phi) is 4.20. The molecule has 1 aromatic carbocycles. The Balaban J connectivity index is 1.65. The number of aromatic nitrogens is 1. The van der Waals surface area contributed by atoms with Crippen LogP contribution in [0.3, 0.4) is 0 Å². The summed E-state index contributed by atoms with van der Waals surface area (Å²) in [4.78, 5) is 22.7. The van der Waals surface area contributed by atoms with Gasteiger partial charge in [-0.1, -0.05) is 18.2 Å². The minimum Gasteiger partial charge on any atom is -0.383 e. The van der Waals surface area contributed by atoms with Crippen LogP contribution in [0.4, 0.5) is 11.5 Å². The molecule has 0 bridgehead atoms. The van der Waals surface area contributed by atoms with E-state index in [1.54, 1.807) is 0 Å². The molecule has 1 aliphatic carbocycles. The monoisotopic (exact) mass is 349 g/mol. The summed E-state index contributed by atoms with van der Waals surface area (Å²) in [7, 11) is 4.05. The summed E-state index contributed by atoms with van der Waals surface area (Å²) < 4.78 is 0. The fourth-order valence-corrected chi connectivity index (χ4v) is 3.62. The molecule has 0 radical (unpaired) electrons. The molecule has 2 aliphatic rings. The van der Waals surface area contributed by atoms with Crippen LogP contribution in [0.25, 0.3) is 0 Å². The molecule has 3 N–H and O–H groups in total. The van der Waals surface area contributed by atoms with Crippen molar-refractivity contribution in [3.8, 4) is 0 Å². The lowest BCUT2D eigenvalue weighted by atomic mass is 9.78. The largest absolute Gasteiger partial charge is 0.383 e. The molecule has 2 aromatic rings. The van der Waals surface area contributed by atoms with Gasteiger partial charge in [-0.15, -0.1) is 0 Å². The summed E-state index contributed by atoms with van der Waals surface area (Å²) in [6.45, 7) is 1.37. The summed E-state index contributed by atoms with van der Waals surface area (Å²) in [5, 5.41) is 3.40. The van der Waals surface area contributed by atoms with Gasteiger partial charge in [-0.05, 0) is 43.3 Å². The van der Waals surface area contributed by atoms with E-state index in [9.17, 15) is 4.79 Å². The highest BCUT2D eigenvalue weighted by Gasteiger charge is 2.30. The molecule has 2 heterocycles. The molecule has 0 atom stereocenters. The number of rotatable bonds is 5. The fraction of sp³-hybridized carbons (Fsp3) is 0.350. The number of aliphatic imine (C=N–C) groups is 1. The van der Waals surface area contributed by atoms with E-state index in [2.05, 4.69) is 21.3 Å². The third-order valence-electron chi connectivity index (χ3n) is 4.95. The van der Waals surface area contributed by atoms with Crippen LogP contribution < -0.4 is 11.1 Å². The van der Waals surface area contributed by atoms with Crippen LogP contribution in [0.2, 0.25) is 0 Å². The van der Waals surface area contributed by atoms with Gasteiger partial charge in [0.2, 0.25) is 0 Å². The SMILES string of the molecule is CN(C)Cc1nc(Nc2cccc3c2C(N)=NC3)ccc1C1CC(=O)C1. The molecule has 0 unspecified atom stereocenters. The molecule has 1 fully saturated rings. The molecule has 1 saturated carbocycles. The third kappa shape index (κ3) is 3.08. The number of carbonyl (C=O) groups is 1. The minimum absolute atomic E-state index is 0.308. The average Bonchev–Trinajstić information content (AvgIpc) is 2.95. The van der Waals surface area contributed by atoms with Gasteiger partial charge >= 0.3 is 0 Å². The van der Waals surface area contributed by atoms with Crippen molar-refractivity contribution in [2.45, 2.75) is 31.8 Å². The number of amidine groups is 1. The van der Waals surface area contributed by atoms with E-state index in [0.29, 0.717) is 36.9 Å². The lowest BCUT2D eigenvalue weighted by molar-refractivity contribution is -0.124. The van der Waals surface area contributed by atoms with Crippen molar-refractivity contribution in [1.82, 2.24) is 9.88 Å². The number of nitrogens with zero attached hydrogens (tertiary/aromatic N) is 3. The molecule has 1 aliphatic heterocycles. The average molecular weight is 349 g/mol. The summed E-state index contributed by atoms with van der Waals surface area (Å²) in [6, 6.07) is 10.1. The quantitative estimate of drug-likeness (QED) is 0.867. The van der Waals surface area contributed by atoms with E-state index < -0.39 is 0 Å². The number of anilines is 2. The molecule has 26 heavy (non-hydrogen) atoms. The molecule has 6 nitrogen and oxygen atoms in total. The number of Topliss-reactive ketones (excluding diaryl/α,β-unsaturated/α-hetero) is 1. The van der Waals surface area contributed by atoms with Gasteiger partial charge in [0.15, 0.2) is 0 Å². The number of carbonyl (C=O) groups excluding carboxylic acids is 1. The number of fused-ring (bicyclic) bond motifs is 1. The van der Waals surface area contributed by atoms with Gasteiger partial charge in [0.1, 0.15) is 17.4 Å². The maximum Gasteiger partial charge on any atom is 0.134 e. The Hall–Kier alpha value is -2.73. The second kappa shape index (κ2) is 6.53. The summed E-state index contributed by atoms with van der Waals surface area (Å²) in [6.07, 6.45) is 1.27. The lowest BCUT2D eigenvalue weighted by Gasteiger charge is -2.27. The third-order valence-corrected chi connectivity index (χ3v) is 4.95. The Labute approximate surface area is 153 Å². The first-order valence-corrected chi connectivity index (χ1v) is 8.86. The summed E-state index contributed by atoms with van der Waals surface area (Å²) >= 11 is 0.